The van der Waals surface area contributed by atoms with Crippen LogP contribution in [0.2, 0.25) is 0 Å². The number of nitrogens with zero attached hydrogens (tertiary/aromatic N) is 2. The average Bonchev–Trinajstić information content (AvgIpc) is 2.73. The molecule has 5 nitrogen and oxygen atoms in total. The smallest absolute Gasteiger partial charge is 0.251 e. The maximum absolute atomic E-state index is 14.7. The Kier molecular flexibility index (Phi) is 6.65. The second kappa shape index (κ2) is 9.17. The molecule has 0 bridgehead atoms. The maximum atomic E-state index is 14.7. The molecule has 28 heavy (non-hydrogen) atoms. The lowest BCUT2D eigenvalue weighted by Gasteiger charge is -2.30. The van der Waals surface area contributed by atoms with E-state index in [9.17, 15) is 9.18 Å². The van der Waals surface area contributed by atoms with Crippen LogP contribution in [0.3, 0.4) is 0 Å². The number of rotatable bonds is 6. The lowest BCUT2D eigenvalue weighted by atomic mass is 10.0. The summed E-state index contributed by atoms with van der Waals surface area (Å²) in [5, 5.41) is 2.62. The molecule has 0 aromatic heterocycles. The van der Waals surface area contributed by atoms with Crippen molar-refractivity contribution in [2.75, 3.05) is 45.3 Å². The van der Waals surface area contributed by atoms with Crippen molar-refractivity contribution in [2.45, 2.75) is 19.5 Å². The van der Waals surface area contributed by atoms with E-state index in [0.717, 1.165) is 24.2 Å². The highest BCUT2D eigenvalue weighted by Gasteiger charge is 2.18. The quantitative estimate of drug-likeness (QED) is 0.829. The van der Waals surface area contributed by atoms with Crippen LogP contribution in [0.15, 0.2) is 42.5 Å². The van der Waals surface area contributed by atoms with Crippen LogP contribution in [0.25, 0.3) is 0 Å². The van der Waals surface area contributed by atoms with Gasteiger partial charge in [-0.15, -0.1) is 0 Å². The minimum Gasteiger partial charge on any atom is -0.378 e. The molecule has 1 atom stereocenters. The fourth-order valence-corrected chi connectivity index (χ4v) is 3.43. The summed E-state index contributed by atoms with van der Waals surface area (Å²) >= 11 is 0. The second-order valence-corrected chi connectivity index (χ2v) is 7.18. The van der Waals surface area contributed by atoms with Gasteiger partial charge < -0.3 is 15.0 Å². The molecule has 150 valence electrons. The zero-order valence-corrected chi connectivity index (χ0v) is 16.7. The van der Waals surface area contributed by atoms with Crippen LogP contribution in [0.5, 0.6) is 0 Å². The predicted molar refractivity (Wildman–Crippen MR) is 109 cm³/mol. The van der Waals surface area contributed by atoms with E-state index in [1.807, 2.05) is 48.3 Å². The minimum atomic E-state index is -0.186. The Morgan fingerprint density at radius 2 is 1.89 bits per heavy atom. The molecule has 1 aliphatic rings. The minimum absolute atomic E-state index is 0.0619. The topological polar surface area (TPSA) is 44.8 Å². The van der Waals surface area contributed by atoms with Crippen molar-refractivity contribution >= 4 is 11.6 Å². The molecule has 2 aromatic rings. The van der Waals surface area contributed by atoms with Crippen LogP contribution in [0, 0.1) is 5.82 Å². The Morgan fingerprint density at radius 3 is 2.50 bits per heavy atom. The number of nitrogens with one attached hydrogen (secondary N) is 1. The summed E-state index contributed by atoms with van der Waals surface area (Å²) in [6.45, 7) is 5.50. The van der Waals surface area contributed by atoms with Gasteiger partial charge in [0.2, 0.25) is 0 Å². The molecule has 0 spiro atoms. The van der Waals surface area contributed by atoms with Crippen molar-refractivity contribution < 1.29 is 13.9 Å². The molecule has 6 heteroatoms. The molecule has 1 N–H and O–H groups in total. The van der Waals surface area contributed by atoms with E-state index in [1.165, 1.54) is 0 Å². The Hall–Kier alpha value is -2.44. The number of benzene rings is 2. The molecule has 1 saturated heterocycles. The summed E-state index contributed by atoms with van der Waals surface area (Å²) in [5.41, 5.74) is 3.33. The van der Waals surface area contributed by atoms with Crippen molar-refractivity contribution in [3.8, 4) is 0 Å². The van der Waals surface area contributed by atoms with Crippen LogP contribution >= 0.6 is 0 Å². The van der Waals surface area contributed by atoms with Crippen molar-refractivity contribution in [1.29, 1.82) is 0 Å². The van der Waals surface area contributed by atoms with E-state index < -0.39 is 0 Å². The van der Waals surface area contributed by atoms with Gasteiger partial charge in [-0.1, -0.05) is 18.2 Å². The normalized spacial score (nSPS) is 15.5. The highest BCUT2D eigenvalue weighted by atomic mass is 19.1. The fraction of sp³-hybridized carbons (Fsp3) is 0.409. The summed E-state index contributed by atoms with van der Waals surface area (Å²) in [5.74, 6) is -0.279. The van der Waals surface area contributed by atoms with Gasteiger partial charge in [0.1, 0.15) is 5.82 Å². The molecule has 1 amide bonds. The van der Waals surface area contributed by atoms with Crippen LogP contribution < -0.4 is 10.2 Å². The average molecular weight is 385 g/mol. The summed E-state index contributed by atoms with van der Waals surface area (Å²) in [6.07, 6.45) is 0. The van der Waals surface area contributed by atoms with Crippen LogP contribution in [-0.4, -0.2) is 51.2 Å². The molecular formula is C22H28FN3O2. The third-order valence-electron chi connectivity index (χ3n) is 5.34. The van der Waals surface area contributed by atoms with E-state index in [0.29, 0.717) is 31.0 Å². The van der Waals surface area contributed by atoms with Gasteiger partial charge in [-0.25, -0.2) is 4.39 Å². The molecule has 1 heterocycles. The third kappa shape index (κ3) is 4.69. The third-order valence-corrected chi connectivity index (χ3v) is 5.34. The number of hydrogen-bond donors (Lipinski definition) is 1. The molecular weight excluding hydrogens is 357 g/mol. The van der Waals surface area contributed by atoms with E-state index in [1.54, 1.807) is 13.1 Å². The van der Waals surface area contributed by atoms with Gasteiger partial charge in [0.05, 0.1) is 18.9 Å². The van der Waals surface area contributed by atoms with Crippen molar-refractivity contribution in [3.05, 3.63) is 65.0 Å². The molecule has 3 rings (SSSR count). The number of hydrogen-bond acceptors (Lipinski definition) is 4. The molecule has 1 unspecified atom stereocenters. The lowest BCUT2D eigenvalue weighted by Crippen LogP contribution is -2.36. The monoisotopic (exact) mass is 385 g/mol. The first-order chi connectivity index (χ1) is 13.5. The standard InChI is InChI=1S/C22H28FN3O2/c1-16(25(3)15-17-4-6-18(7-5-17)22(27)24-2)19-8-9-21(20(23)14-19)26-10-12-28-13-11-26/h4-9,14,16H,10-13,15H2,1-3H3,(H,24,27). The van der Waals surface area contributed by atoms with Gasteiger partial charge in [-0.3, -0.25) is 9.69 Å². The summed E-state index contributed by atoms with van der Waals surface area (Å²) < 4.78 is 20.0. The largest absolute Gasteiger partial charge is 0.378 e. The molecule has 2 aromatic carbocycles. The summed E-state index contributed by atoms with van der Waals surface area (Å²) in [7, 11) is 3.64. The maximum Gasteiger partial charge on any atom is 0.251 e. The Balaban J connectivity index is 1.66. The lowest BCUT2D eigenvalue weighted by molar-refractivity contribution is 0.0963. The van der Waals surface area contributed by atoms with Gasteiger partial charge in [0, 0.05) is 38.3 Å². The van der Waals surface area contributed by atoms with Crippen LogP contribution in [0.4, 0.5) is 10.1 Å². The van der Waals surface area contributed by atoms with Crippen LogP contribution in [0.1, 0.15) is 34.5 Å². The molecule has 1 aliphatic heterocycles. The first kappa shape index (κ1) is 20.3. The highest BCUT2D eigenvalue weighted by molar-refractivity contribution is 5.93. The summed E-state index contributed by atoms with van der Waals surface area (Å²) in [6, 6.07) is 13.1. The number of halogens is 1. The zero-order chi connectivity index (χ0) is 20.1. The van der Waals surface area contributed by atoms with Gasteiger partial charge in [0.25, 0.3) is 5.91 Å². The van der Waals surface area contributed by atoms with Gasteiger partial charge >= 0.3 is 0 Å². The highest BCUT2D eigenvalue weighted by Crippen LogP contribution is 2.27. The molecule has 0 aliphatic carbocycles. The van der Waals surface area contributed by atoms with E-state index >= 15 is 0 Å². The Labute approximate surface area is 166 Å². The van der Waals surface area contributed by atoms with Crippen molar-refractivity contribution in [1.82, 2.24) is 10.2 Å². The molecule has 1 fully saturated rings. The zero-order valence-electron chi connectivity index (χ0n) is 16.7. The van der Waals surface area contributed by atoms with Crippen molar-refractivity contribution in [3.63, 3.8) is 0 Å². The fourth-order valence-electron chi connectivity index (χ4n) is 3.43. The number of amides is 1. The number of ether oxygens (including phenoxy) is 1. The van der Waals surface area contributed by atoms with Gasteiger partial charge in [0.15, 0.2) is 0 Å². The Morgan fingerprint density at radius 1 is 1.21 bits per heavy atom. The van der Waals surface area contributed by atoms with E-state index in [-0.39, 0.29) is 17.8 Å². The first-order valence-corrected chi connectivity index (χ1v) is 9.63. The number of carbonyl (C=O) groups excluding carboxylic acids is 1. The number of carbonyl (C=O) groups is 1. The van der Waals surface area contributed by atoms with Crippen LogP contribution in [-0.2, 0) is 11.3 Å². The SMILES string of the molecule is CNC(=O)c1ccc(CN(C)C(C)c2ccc(N3CCOCC3)c(F)c2)cc1. The predicted octanol–water partition coefficient (Wildman–Crippen LogP) is 3.21. The Bertz CT molecular complexity index is 804. The first-order valence-electron chi connectivity index (χ1n) is 9.63. The van der Waals surface area contributed by atoms with E-state index in [4.69, 9.17) is 4.74 Å². The number of morpholine rings is 1. The molecule has 0 radical (unpaired) electrons. The van der Waals surface area contributed by atoms with E-state index in [2.05, 4.69) is 17.1 Å². The number of anilines is 1. The molecule has 0 saturated carbocycles. The van der Waals surface area contributed by atoms with Gasteiger partial charge in [-0.2, -0.15) is 0 Å². The second-order valence-electron chi connectivity index (χ2n) is 7.18. The van der Waals surface area contributed by atoms with Gasteiger partial charge in [-0.05, 0) is 49.4 Å². The summed E-state index contributed by atoms with van der Waals surface area (Å²) in [4.78, 5) is 15.8. The van der Waals surface area contributed by atoms with Crippen molar-refractivity contribution in [2.24, 2.45) is 0 Å².